The Balaban J connectivity index is 1.60. The van der Waals surface area contributed by atoms with Crippen LogP contribution in [0.15, 0.2) is 75.8 Å². The molecule has 5 nitrogen and oxygen atoms in total. The van der Waals surface area contributed by atoms with Crippen molar-refractivity contribution >= 4 is 33.9 Å². The van der Waals surface area contributed by atoms with Gasteiger partial charge < -0.3 is 14.2 Å². The number of aliphatic imine (C=N–C) groups is 1. The van der Waals surface area contributed by atoms with Gasteiger partial charge in [0, 0.05) is 5.56 Å². The minimum atomic E-state index is -0.612. The SMILES string of the molecule is COc1cc(/C=C2\N=C(c3cccc(F)c3)OC2=O)cc(Br)c1OCc1ccccc1C. The molecule has 0 aliphatic carbocycles. The van der Waals surface area contributed by atoms with Crippen LogP contribution in [0.2, 0.25) is 0 Å². The smallest absolute Gasteiger partial charge is 0.363 e. The molecule has 0 aromatic heterocycles. The largest absolute Gasteiger partial charge is 0.493 e. The maximum absolute atomic E-state index is 13.5. The van der Waals surface area contributed by atoms with Crippen molar-refractivity contribution in [2.75, 3.05) is 7.11 Å². The number of carbonyl (C=O) groups is 1. The predicted octanol–water partition coefficient (Wildman–Crippen LogP) is 5.83. The predicted molar refractivity (Wildman–Crippen MR) is 123 cm³/mol. The Hall–Kier alpha value is -3.45. The van der Waals surface area contributed by atoms with Crippen LogP contribution in [0.1, 0.15) is 22.3 Å². The number of methoxy groups -OCH3 is 1. The van der Waals surface area contributed by atoms with E-state index in [1.807, 2.05) is 31.2 Å². The van der Waals surface area contributed by atoms with Crippen molar-refractivity contribution < 1.29 is 23.4 Å². The van der Waals surface area contributed by atoms with Gasteiger partial charge in [-0.1, -0.05) is 30.3 Å². The van der Waals surface area contributed by atoms with Crippen LogP contribution in [-0.4, -0.2) is 19.0 Å². The van der Waals surface area contributed by atoms with Crippen molar-refractivity contribution in [2.45, 2.75) is 13.5 Å². The van der Waals surface area contributed by atoms with Crippen molar-refractivity contribution in [1.29, 1.82) is 0 Å². The number of rotatable bonds is 6. The second-order valence-corrected chi connectivity index (χ2v) is 7.95. The monoisotopic (exact) mass is 495 g/mol. The summed E-state index contributed by atoms with van der Waals surface area (Å²) in [7, 11) is 1.55. The average molecular weight is 496 g/mol. The Kier molecular flexibility index (Phi) is 6.37. The van der Waals surface area contributed by atoms with Gasteiger partial charge in [-0.3, -0.25) is 0 Å². The van der Waals surface area contributed by atoms with Crippen LogP contribution in [0.3, 0.4) is 0 Å². The molecular formula is C25H19BrFNO4. The lowest BCUT2D eigenvalue weighted by atomic mass is 10.1. The number of carbonyl (C=O) groups excluding carboxylic acids is 1. The Morgan fingerprint density at radius 2 is 1.94 bits per heavy atom. The van der Waals surface area contributed by atoms with E-state index < -0.39 is 11.8 Å². The van der Waals surface area contributed by atoms with Crippen molar-refractivity contribution in [1.82, 2.24) is 0 Å². The standard InChI is InChI=1S/C25H19BrFNO4/c1-15-6-3-4-7-18(15)14-31-23-20(26)10-16(12-22(23)30-2)11-21-25(29)32-24(28-21)17-8-5-9-19(27)13-17/h3-13H,14H2,1-2H3/b21-11-. The second-order valence-electron chi connectivity index (χ2n) is 7.10. The van der Waals surface area contributed by atoms with Crippen LogP contribution in [0, 0.1) is 12.7 Å². The maximum atomic E-state index is 13.5. The first-order chi connectivity index (χ1) is 15.4. The van der Waals surface area contributed by atoms with E-state index in [9.17, 15) is 9.18 Å². The zero-order valence-corrected chi connectivity index (χ0v) is 19.0. The van der Waals surface area contributed by atoms with Crippen LogP contribution in [0.25, 0.3) is 6.08 Å². The first-order valence-corrected chi connectivity index (χ1v) is 10.6. The molecule has 7 heteroatoms. The summed E-state index contributed by atoms with van der Waals surface area (Å²) in [6.45, 7) is 2.41. The molecule has 0 saturated heterocycles. The minimum Gasteiger partial charge on any atom is -0.493 e. The number of halogens is 2. The van der Waals surface area contributed by atoms with Gasteiger partial charge in [0.15, 0.2) is 17.2 Å². The van der Waals surface area contributed by atoms with Crippen LogP contribution in [-0.2, 0) is 16.1 Å². The lowest BCUT2D eigenvalue weighted by Crippen LogP contribution is -2.05. The minimum absolute atomic E-state index is 0.0602. The van der Waals surface area contributed by atoms with Gasteiger partial charge in [-0.15, -0.1) is 0 Å². The van der Waals surface area contributed by atoms with Gasteiger partial charge in [-0.25, -0.2) is 14.2 Å². The zero-order chi connectivity index (χ0) is 22.7. The molecule has 0 unspecified atom stereocenters. The number of esters is 1. The molecule has 4 rings (SSSR count). The molecule has 0 saturated carbocycles. The summed E-state index contributed by atoms with van der Waals surface area (Å²) in [4.78, 5) is 16.5. The molecule has 3 aromatic rings. The Morgan fingerprint density at radius 3 is 2.69 bits per heavy atom. The Labute approximate surface area is 193 Å². The van der Waals surface area contributed by atoms with Gasteiger partial charge in [0.25, 0.3) is 0 Å². The van der Waals surface area contributed by atoms with Crippen LogP contribution >= 0.6 is 15.9 Å². The van der Waals surface area contributed by atoms with Crippen LogP contribution < -0.4 is 9.47 Å². The average Bonchev–Trinajstić information content (AvgIpc) is 3.14. The van der Waals surface area contributed by atoms with E-state index in [-0.39, 0.29) is 11.6 Å². The lowest BCUT2D eigenvalue weighted by molar-refractivity contribution is -0.129. The molecule has 0 amide bonds. The molecule has 1 aliphatic rings. The number of cyclic esters (lactones) is 1. The Bertz CT molecular complexity index is 1250. The van der Waals surface area contributed by atoms with Crippen molar-refractivity contribution in [3.63, 3.8) is 0 Å². The highest BCUT2D eigenvalue weighted by Gasteiger charge is 2.25. The number of aryl methyl sites for hydroxylation is 1. The molecule has 1 aliphatic heterocycles. The zero-order valence-electron chi connectivity index (χ0n) is 17.4. The van der Waals surface area contributed by atoms with Gasteiger partial charge in [0.1, 0.15) is 12.4 Å². The summed E-state index contributed by atoms with van der Waals surface area (Å²) in [5, 5.41) is 0. The third-order valence-corrected chi connectivity index (χ3v) is 5.47. The van der Waals surface area contributed by atoms with Gasteiger partial charge in [0.2, 0.25) is 5.90 Å². The van der Waals surface area contributed by atoms with E-state index in [0.717, 1.165) is 11.1 Å². The molecule has 0 bridgehead atoms. The second kappa shape index (κ2) is 9.36. The fourth-order valence-corrected chi connectivity index (χ4v) is 3.77. The number of nitrogens with zero attached hydrogens (tertiary/aromatic N) is 1. The summed E-state index contributed by atoms with van der Waals surface area (Å²) >= 11 is 3.52. The molecule has 32 heavy (non-hydrogen) atoms. The van der Waals surface area contributed by atoms with E-state index in [4.69, 9.17) is 14.2 Å². The molecule has 0 fully saturated rings. The van der Waals surface area contributed by atoms with Crippen LogP contribution in [0.4, 0.5) is 4.39 Å². The lowest BCUT2D eigenvalue weighted by Gasteiger charge is -2.14. The maximum Gasteiger partial charge on any atom is 0.363 e. The van der Waals surface area contributed by atoms with Gasteiger partial charge in [-0.2, -0.15) is 0 Å². The quantitative estimate of drug-likeness (QED) is 0.319. The fraction of sp³-hybridized carbons (Fsp3) is 0.120. The molecule has 0 spiro atoms. The molecule has 0 radical (unpaired) electrons. The molecule has 3 aromatic carbocycles. The summed E-state index contributed by atoms with van der Waals surface area (Å²) in [5.41, 5.74) is 3.36. The molecule has 1 heterocycles. The van der Waals surface area contributed by atoms with E-state index in [1.165, 1.54) is 18.2 Å². The van der Waals surface area contributed by atoms with Gasteiger partial charge in [0.05, 0.1) is 11.6 Å². The number of hydrogen-bond donors (Lipinski definition) is 0. The molecular weight excluding hydrogens is 477 g/mol. The number of hydrogen-bond acceptors (Lipinski definition) is 5. The van der Waals surface area contributed by atoms with Crippen molar-refractivity contribution in [3.05, 3.63) is 98.9 Å². The van der Waals surface area contributed by atoms with E-state index in [0.29, 0.717) is 33.7 Å². The highest BCUT2D eigenvalue weighted by atomic mass is 79.9. The number of ether oxygens (including phenoxy) is 3. The highest BCUT2D eigenvalue weighted by molar-refractivity contribution is 9.10. The van der Waals surface area contributed by atoms with E-state index >= 15 is 0 Å². The third-order valence-electron chi connectivity index (χ3n) is 4.88. The summed E-state index contributed by atoms with van der Waals surface area (Å²) in [6, 6.07) is 17.2. The van der Waals surface area contributed by atoms with Gasteiger partial charge >= 0.3 is 5.97 Å². The van der Waals surface area contributed by atoms with E-state index in [1.54, 1.807) is 31.4 Å². The third kappa shape index (κ3) is 4.73. The topological polar surface area (TPSA) is 57.1 Å². The fourth-order valence-electron chi connectivity index (χ4n) is 3.20. The van der Waals surface area contributed by atoms with Crippen molar-refractivity contribution in [3.8, 4) is 11.5 Å². The normalized spacial score (nSPS) is 14.3. The summed E-state index contributed by atoms with van der Waals surface area (Å²) in [6.07, 6.45) is 1.58. The highest BCUT2D eigenvalue weighted by Crippen LogP contribution is 2.38. The van der Waals surface area contributed by atoms with E-state index in [2.05, 4.69) is 20.9 Å². The summed E-state index contributed by atoms with van der Waals surface area (Å²) < 4.78 is 30.9. The summed E-state index contributed by atoms with van der Waals surface area (Å²) in [5.74, 6) is 0.0641. The Morgan fingerprint density at radius 1 is 1.12 bits per heavy atom. The van der Waals surface area contributed by atoms with Crippen molar-refractivity contribution in [2.24, 2.45) is 4.99 Å². The van der Waals surface area contributed by atoms with Gasteiger partial charge in [-0.05, 0) is 76.0 Å². The molecule has 162 valence electrons. The number of benzene rings is 3. The first-order valence-electron chi connectivity index (χ1n) is 9.78. The molecule has 0 atom stereocenters. The molecule has 0 N–H and O–H groups in total. The first kappa shape index (κ1) is 21.8. The van der Waals surface area contributed by atoms with Crippen LogP contribution in [0.5, 0.6) is 11.5 Å².